The highest BCUT2D eigenvalue weighted by Gasteiger charge is 2.23. The zero-order valence-corrected chi connectivity index (χ0v) is 13.9. The quantitative estimate of drug-likeness (QED) is 0.654. The maximum Gasteiger partial charge on any atom is 0.341 e. The second-order valence-electron chi connectivity index (χ2n) is 4.46. The molecule has 0 aliphatic carbocycles. The first kappa shape index (κ1) is 16.2. The van der Waals surface area contributed by atoms with Crippen LogP contribution in [0.1, 0.15) is 36.0 Å². The summed E-state index contributed by atoms with van der Waals surface area (Å²) in [7, 11) is 0. The molecule has 19 heavy (non-hydrogen) atoms. The van der Waals surface area contributed by atoms with Crippen molar-refractivity contribution in [2.24, 2.45) is 5.92 Å². The molecule has 1 aromatic heterocycles. The summed E-state index contributed by atoms with van der Waals surface area (Å²) in [6, 6.07) is 1.73. The van der Waals surface area contributed by atoms with E-state index in [1.165, 1.54) is 11.3 Å². The van der Waals surface area contributed by atoms with Gasteiger partial charge in [0.05, 0.1) is 17.0 Å². The minimum absolute atomic E-state index is 0.151. The van der Waals surface area contributed by atoms with Gasteiger partial charge in [-0.25, -0.2) is 4.79 Å². The van der Waals surface area contributed by atoms with Crippen molar-refractivity contribution in [1.29, 1.82) is 0 Å². The largest absolute Gasteiger partial charge is 0.462 e. The van der Waals surface area contributed by atoms with Crippen LogP contribution >= 0.6 is 27.3 Å². The lowest BCUT2D eigenvalue weighted by Gasteiger charge is -2.13. The van der Waals surface area contributed by atoms with E-state index in [-0.39, 0.29) is 16.7 Å². The predicted octanol–water partition coefficient (Wildman–Crippen LogP) is 3.59. The number of aryl methyl sites for hydroxylation is 1. The van der Waals surface area contributed by atoms with Crippen molar-refractivity contribution in [3.05, 3.63) is 16.5 Å². The molecule has 1 amide bonds. The fourth-order valence-corrected chi connectivity index (χ4v) is 2.47. The fourth-order valence-electron chi connectivity index (χ4n) is 1.45. The van der Waals surface area contributed by atoms with Gasteiger partial charge in [0.15, 0.2) is 0 Å². The van der Waals surface area contributed by atoms with E-state index in [0.717, 1.165) is 4.88 Å². The number of esters is 1. The average molecular weight is 348 g/mol. The third-order valence-electron chi connectivity index (χ3n) is 2.42. The highest BCUT2D eigenvalue weighted by atomic mass is 79.9. The summed E-state index contributed by atoms with van der Waals surface area (Å²) in [4.78, 5) is 24.4. The van der Waals surface area contributed by atoms with Crippen LogP contribution in [0.5, 0.6) is 0 Å². The molecule has 1 aromatic rings. The fraction of sp³-hybridized carbons (Fsp3) is 0.538. The van der Waals surface area contributed by atoms with E-state index in [4.69, 9.17) is 4.74 Å². The van der Waals surface area contributed by atoms with Gasteiger partial charge in [-0.3, -0.25) is 4.79 Å². The number of ether oxygens (including phenoxy) is 1. The molecule has 0 saturated carbocycles. The lowest BCUT2D eigenvalue weighted by Crippen LogP contribution is -2.27. The van der Waals surface area contributed by atoms with Crippen molar-refractivity contribution in [3.63, 3.8) is 0 Å². The van der Waals surface area contributed by atoms with E-state index in [9.17, 15) is 9.59 Å². The first-order chi connectivity index (χ1) is 8.86. The number of nitrogens with one attached hydrogen (secondary N) is 1. The summed E-state index contributed by atoms with van der Waals surface area (Å²) in [5.41, 5.74) is 0.418. The average Bonchev–Trinajstić information content (AvgIpc) is 2.69. The molecular weight excluding hydrogens is 330 g/mol. The number of anilines is 1. The van der Waals surface area contributed by atoms with Crippen molar-refractivity contribution in [1.82, 2.24) is 0 Å². The van der Waals surface area contributed by atoms with Gasteiger partial charge in [-0.1, -0.05) is 29.8 Å². The Morgan fingerprint density at radius 3 is 2.63 bits per heavy atom. The molecule has 4 nitrogen and oxygen atoms in total. The van der Waals surface area contributed by atoms with Gasteiger partial charge in [0.2, 0.25) is 5.91 Å². The smallest absolute Gasteiger partial charge is 0.341 e. The number of carbonyl (C=O) groups excluding carboxylic acids is 2. The molecule has 6 heteroatoms. The van der Waals surface area contributed by atoms with Gasteiger partial charge in [0.25, 0.3) is 0 Å². The van der Waals surface area contributed by atoms with Gasteiger partial charge in [-0.2, -0.15) is 0 Å². The number of hydrogen-bond donors (Lipinski definition) is 1. The van der Waals surface area contributed by atoms with E-state index in [0.29, 0.717) is 17.2 Å². The molecule has 0 aliphatic heterocycles. The highest BCUT2D eigenvalue weighted by molar-refractivity contribution is 9.10. The number of hydrogen-bond acceptors (Lipinski definition) is 4. The number of alkyl halides is 1. The molecule has 0 saturated heterocycles. The molecule has 0 fully saturated rings. The third kappa shape index (κ3) is 4.31. The molecule has 0 spiro atoms. The van der Waals surface area contributed by atoms with E-state index in [2.05, 4.69) is 21.2 Å². The van der Waals surface area contributed by atoms with Gasteiger partial charge >= 0.3 is 5.97 Å². The van der Waals surface area contributed by atoms with Crippen LogP contribution in [0.25, 0.3) is 0 Å². The van der Waals surface area contributed by atoms with Crippen LogP contribution in [0.2, 0.25) is 0 Å². The van der Waals surface area contributed by atoms with Crippen LogP contribution in [0.4, 0.5) is 5.00 Å². The Bertz CT molecular complexity index is 470. The Hall–Kier alpha value is -0.880. The maximum atomic E-state index is 12.0. The molecular formula is C13H18BrNO3S. The molecule has 1 N–H and O–H groups in total. The summed E-state index contributed by atoms with van der Waals surface area (Å²) in [5.74, 6) is -0.382. The van der Waals surface area contributed by atoms with Crippen LogP contribution < -0.4 is 5.32 Å². The van der Waals surface area contributed by atoms with Crippen LogP contribution in [0.15, 0.2) is 6.07 Å². The Labute approximate surface area is 125 Å². The molecule has 1 rings (SSSR count). The second kappa shape index (κ2) is 7.05. The second-order valence-corrected chi connectivity index (χ2v) is 6.70. The third-order valence-corrected chi connectivity index (χ3v) is 4.86. The Kier molecular flexibility index (Phi) is 6.00. The first-order valence-corrected chi connectivity index (χ1v) is 7.82. The Morgan fingerprint density at radius 2 is 2.11 bits per heavy atom. The van der Waals surface area contributed by atoms with E-state index in [1.807, 2.05) is 20.8 Å². The van der Waals surface area contributed by atoms with Crippen LogP contribution in [-0.2, 0) is 9.53 Å². The predicted molar refractivity (Wildman–Crippen MR) is 81.2 cm³/mol. The van der Waals surface area contributed by atoms with Crippen molar-refractivity contribution in [2.45, 2.75) is 32.5 Å². The molecule has 0 aromatic carbocycles. The van der Waals surface area contributed by atoms with Crippen LogP contribution in [0, 0.1) is 12.8 Å². The monoisotopic (exact) mass is 347 g/mol. The standard InChI is InChI=1S/C13H18BrNO3S/c1-5-18-13(17)9-6-8(4)19-12(9)15-11(16)10(14)7(2)3/h6-7,10H,5H2,1-4H3,(H,15,16). The Balaban J connectivity index is 2.89. The number of carbonyl (C=O) groups is 2. The summed E-state index contributed by atoms with van der Waals surface area (Å²) < 4.78 is 4.98. The van der Waals surface area contributed by atoms with Crippen LogP contribution in [0.3, 0.4) is 0 Å². The van der Waals surface area contributed by atoms with Gasteiger partial charge in [0.1, 0.15) is 5.00 Å². The van der Waals surface area contributed by atoms with Crippen molar-refractivity contribution in [3.8, 4) is 0 Å². The summed E-state index contributed by atoms with van der Waals surface area (Å²) in [6.45, 7) is 7.85. The van der Waals surface area contributed by atoms with Gasteiger partial charge < -0.3 is 10.1 Å². The molecule has 1 atom stereocenters. The highest BCUT2D eigenvalue weighted by Crippen LogP contribution is 2.29. The minimum atomic E-state index is -0.405. The zero-order chi connectivity index (χ0) is 14.6. The summed E-state index contributed by atoms with van der Waals surface area (Å²) in [6.07, 6.45) is 0. The van der Waals surface area contributed by atoms with Crippen molar-refractivity contribution < 1.29 is 14.3 Å². The van der Waals surface area contributed by atoms with Crippen LogP contribution in [-0.4, -0.2) is 23.3 Å². The van der Waals surface area contributed by atoms with Crippen molar-refractivity contribution >= 4 is 44.1 Å². The SMILES string of the molecule is CCOC(=O)c1cc(C)sc1NC(=O)C(Br)C(C)C. The molecule has 1 unspecified atom stereocenters. The van der Waals surface area contributed by atoms with E-state index < -0.39 is 5.97 Å². The summed E-state index contributed by atoms with van der Waals surface area (Å²) in [5, 5.41) is 3.33. The zero-order valence-electron chi connectivity index (χ0n) is 11.5. The van der Waals surface area contributed by atoms with E-state index >= 15 is 0 Å². The number of thiophene rings is 1. The number of rotatable bonds is 5. The van der Waals surface area contributed by atoms with Crippen molar-refractivity contribution in [2.75, 3.05) is 11.9 Å². The molecule has 1 heterocycles. The molecule has 0 radical (unpaired) electrons. The Morgan fingerprint density at radius 1 is 1.47 bits per heavy atom. The molecule has 106 valence electrons. The lowest BCUT2D eigenvalue weighted by molar-refractivity contribution is -0.116. The van der Waals surface area contributed by atoms with E-state index in [1.54, 1.807) is 13.0 Å². The molecule has 0 aliphatic rings. The number of amides is 1. The lowest BCUT2D eigenvalue weighted by atomic mass is 10.1. The van der Waals surface area contributed by atoms with Gasteiger partial charge in [-0.15, -0.1) is 11.3 Å². The topological polar surface area (TPSA) is 55.4 Å². The minimum Gasteiger partial charge on any atom is -0.462 e. The van der Waals surface area contributed by atoms with Gasteiger partial charge in [0, 0.05) is 4.88 Å². The first-order valence-electron chi connectivity index (χ1n) is 6.09. The van der Waals surface area contributed by atoms with Gasteiger partial charge in [-0.05, 0) is 25.8 Å². The molecule has 0 bridgehead atoms. The number of halogens is 1. The normalized spacial score (nSPS) is 12.3. The summed E-state index contributed by atoms with van der Waals surface area (Å²) >= 11 is 4.71. The maximum absolute atomic E-state index is 12.0.